The van der Waals surface area contributed by atoms with Crippen LogP contribution in [0.3, 0.4) is 0 Å². The molecule has 1 heterocycles. The summed E-state index contributed by atoms with van der Waals surface area (Å²) in [6.45, 7) is 0.606. The quantitative estimate of drug-likeness (QED) is 0.891. The number of rotatable bonds is 6. The van der Waals surface area contributed by atoms with Gasteiger partial charge in [-0.2, -0.15) is 0 Å². The van der Waals surface area contributed by atoms with Gasteiger partial charge in [-0.25, -0.2) is 4.98 Å². The van der Waals surface area contributed by atoms with Crippen LogP contribution in [-0.4, -0.2) is 43.5 Å². The Balaban J connectivity index is 1.98. The number of hydrogen-bond acceptors (Lipinski definition) is 4. The van der Waals surface area contributed by atoms with Gasteiger partial charge in [0.05, 0.1) is 11.7 Å². The Kier molecular flexibility index (Phi) is 5.49. The Labute approximate surface area is 130 Å². The van der Waals surface area contributed by atoms with Gasteiger partial charge in [0.2, 0.25) is 0 Å². The molecule has 1 atom stereocenters. The molecule has 0 radical (unpaired) electrons. The highest BCUT2D eigenvalue weighted by atomic mass is 16.5. The second-order valence-corrected chi connectivity index (χ2v) is 5.15. The molecule has 116 valence electrons. The smallest absolute Gasteiger partial charge is 0.254 e. The van der Waals surface area contributed by atoms with E-state index in [1.54, 1.807) is 39.5 Å². The largest absolute Gasteiger partial charge is 0.375 e. The lowest BCUT2D eigenvalue weighted by molar-refractivity contribution is 0.0827. The normalized spacial score (nSPS) is 11.8. The van der Waals surface area contributed by atoms with Crippen LogP contribution >= 0.6 is 0 Å². The Morgan fingerprint density at radius 2 is 1.95 bits per heavy atom. The number of methoxy groups -OCH3 is 1. The van der Waals surface area contributed by atoms with Crippen molar-refractivity contribution < 1.29 is 9.53 Å². The van der Waals surface area contributed by atoms with Gasteiger partial charge >= 0.3 is 0 Å². The average molecular weight is 299 g/mol. The van der Waals surface area contributed by atoms with Crippen molar-refractivity contribution in [3.63, 3.8) is 0 Å². The van der Waals surface area contributed by atoms with Crippen LogP contribution in [0.4, 0.5) is 5.82 Å². The van der Waals surface area contributed by atoms with E-state index in [2.05, 4.69) is 10.3 Å². The van der Waals surface area contributed by atoms with Crippen LogP contribution in [0.1, 0.15) is 22.0 Å². The number of hydrogen-bond donors (Lipinski definition) is 1. The molecule has 2 aromatic rings. The highest BCUT2D eigenvalue weighted by Gasteiger charge is 2.11. The summed E-state index contributed by atoms with van der Waals surface area (Å²) in [6, 6.07) is 13.6. The number of amides is 1. The first-order valence-corrected chi connectivity index (χ1v) is 7.11. The summed E-state index contributed by atoms with van der Waals surface area (Å²) in [5.74, 6) is 0.659. The van der Waals surface area contributed by atoms with Crippen molar-refractivity contribution in [2.75, 3.05) is 33.1 Å². The number of anilines is 1. The molecule has 2 rings (SSSR count). The van der Waals surface area contributed by atoms with Crippen molar-refractivity contribution in [2.45, 2.75) is 6.10 Å². The molecule has 1 aromatic heterocycles. The average Bonchev–Trinajstić information content (AvgIpc) is 2.56. The van der Waals surface area contributed by atoms with Crippen molar-refractivity contribution in [3.05, 3.63) is 59.8 Å². The molecule has 0 spiro atoms. The lowest BCUT2D eigenvalue weighted by Gasteiger charge is -2.17. The van der Waals surface area contributed by atoms with Gasteiger partial charge in [0.1, 0.15) is 5.82 Å². The van der Waals surface area contributed by atoms with E-state index in [1.807, 2.05) is 30.3 Å². The van der Waals surface area contributed by atoms with Gasteiger partial charge in [0.15, 0.2) is 0 Å². The van der Waals surface area contributed by atoms with Crippen molar-refractivity contribution in [1.29, 1.82) is 0 Å². The van der Waals surface area contributed by atoms with E-state index in [4.69, 9.17) is 4.74 Å². The number of pyridine rings is 1. The van der Waals surface area contributed by atoms with Crippen LogP contribution in [0.25, 0.3) is 0 Å². The first-order valence-electron chi connectivity index (χ1n) is 7.11. The highest BCUT2D eigenvalue weighted by molar-refractivity contribution is 5.93. The summed E-state index contributed by atoms with van der Waals surface area (Å²) in [4.78, 5) is 17.6. The molecule has 0 saturated heterocycles. The number of nitrogens with one attached hydrogen (secondary N) is 1. The van der Waals surface area contributed by atoms with Crippen LogP contribution in [0.15, 0.2) is 48.7 Å². The Morgan fingerprint density at radius 3 is 2.50 bits per heavy atom. The summed E-state index contributed by atoms with van der Waals surface area (Å²) in [5.41, 5.74) is 1.68. The minimum absolute atomic E-state index is 0.0499. The zero-order chi connectivity index (χ0) is 15.9. The van der Waals surface area contributed by atoms with Crippen LogP contribution < -0.4 is 5.32 Å². The predicted octanol–water partition coefficient (Wildman–Crippen LogP) is 2.58. The minimum Gasteiger partial charge on any atom is -0.375 e. The molecule has 1 aromatic carbocycles. The molecule has 0 saturated carbocycles. The van der Waals surface area contributed by atoms with E-state index >= 15 is 0 Å². The van der Waals surface area contributed by atoms with E-state index in [9.17, 15) is 4.79 Å². The van der Waals surface area contributed by atoms with E-state index in [1.165, 1.54) is 4.90 Å². The van der Waals surface area contributed by atoms with E-state index in [0.717, 1.165) is 5.56 Å². The Bertz CT molecular complexity index is 597. The van der Waals surface area contributed by atoms with Gasteiger partial charge in [0.25, 0.3) is 5.91 Å². The van der Waals surface area contributed by atoms with Gasteiger partial charge in [-0.1, -0.05) is 30.3 Å². The highest BCUT2D eigenvalue weighted by Crippen LogP contribution is 2.17. The molecule has 5 nitrogen and oxygen atoms in total. The Morgan fingerprint density at radius 1 is 1.23 bits per heavy atom. The zero-order valence-electron chi connectivity index (χ0n) is 13.1. The van der Waals surface area contributed by atoms with Crippen LogP contribution in [-0.2, 0) is 4.74 Å². The topological polar surface area (TPSA) is 54.5 Å². The molecule has 1 N–H and O–H groups in total. The molecule has 0 unspecified atom stereocenters. The third kappa shape index (κ3) is 4.05. The van der Waals surface area contributed by atoms with Crippen molar-refractivity contribution in [3.8, 4) is 0 Å². The van der Waals surface area contributed by atoms with Crippen molar-refractivity contribution in [1.82, 2.24) is 9.88 Å². The Hall–Kier alpha value is -2.40. The van der Waals surface area contributed by atoms with Gasteiger partial charge in [-0.3, -0.25) is 4.79 Å². The SMILES string of the molecule is CO[C@@H](CNc1ccc(C(=O)N(C)C)cn1)c1ccccc1. The molecular formula is C17H21N3O2. The third-order valence-electron chi connectivity index (χ3n) is 3.34. The molecule has 0 fully saturated rings. The minimum atomic E-state index is -0.0573. The fourth-order valence-electron chi connectivity index (χ4n) is 2.09. The maximum absolute atomic E-state index is 11.8. The van der Waals surface area contributed by atoms with Gasteiger partial charge < -0.3 is 15.0 Å². The van der Waals surface area contributed by atoms with Crippen molar-refractivity contribution in [2.24, 2.45) is 0 Å². The van der Waals surface area contributed by atoms with Crippen LogP contribution in [0.2, 0.25) is 0 Å². The summed E-state index contributed by atoms with van der Waals surface area (Å²) in [5, 5.41) is 3.23. The molecule has 5 heteroatoms. The lowest BCUT2D eigenvalue weighted by Crippen LogP contribution is -2.22. The molecule has 1 amide bonds. The molecular weight excluding hydrogens is 278 g/mol. The maximum Gasteiger partial charge on any atom is 0.254 e. The fraction of sp³-hybridized carbons (Fsp3) is 0.294. The first kappa shape index (κ1) is 16.0. The molecule has 0 aliphatic heterocycles. The summed E-state index contributed by atoms with van der Waals surface area (Å²) >= 11 is 0. The summed E-state index contributed by atoms with van der Waals surface area (Å²) in [7, 11) is 5.13. The number of ether oxygens (including phenoxy) is 1. The number of aromatic nitrogens is 1. The second kappa shape index (κ2) is 7.56. The standard InChI is InChI=1S/C17H21N3O2/c1-20(2)17(21)14-9-10-16(18-11-14)19-12-15(22-3)13-7-5-4-6-8-13/h4-11,15H,12H2,1-3H3,(H,18,19)/t15-/m0/s1. The van der Waals surface area contributed by atoms with E-state index < -0.39 is 0 Å². The zero-order valence-corrected chi connectivity index (χ0v) is 13.1. The second-order valence-electron chi connectivity index (χ2n) is 5.15. The van der Waals surface area contributed by atoms with E-state index in [0.29, 0.717) is 17.9 Å². The fourth-order valence-corrected chi connectivity index (χ4v) is 2.09. The number of carbonyl (C=O) groups excluding carboxylic acids is 1. The third-order valence-corrected chi connectivity index (χ3v) is 3.34. The maximum atomic E-state index is 11.8. The molecule has 22 heavy (non-hydrogen) atoms. The summed E-state index contributed by atoms with van der Waals surface area (Å²) in [6.07, 6.45) is 1.53. The van der Waals surface area contributed by atoms with Gasteiger partial charge in [-0.05, 0) is 17.7 Å². The molecule has 0 aliphatic rings. The summed E-state index contributed by atoms with van der Waals surface area (Å²) < 4.78 is 5.50. The number of benzene rings is 1. The van der Waals surface area contributed by atoms with Gasteiger partial charge in [-0.15, -0.1) is 0 Å². The molecule has 0 aliphatic carbocycles. The molecule has 0 bridgehead atoms. The van der Waals surface area contributed by atoms with Crippen molar-refractivity contribution >= 4 is 11.7 Å². The predicted molar refractivity (Wildman–Crippen MR) is 86.9 cm³/mol. The monoisotopic (exact) mass is 299 g/mol. The first-order chi connectivity index (χ1) is 10.6. The van der Waals surface area contributed by atoms with Crippen LogP contribution in [0.5, 0.6) is 0 Å². The van der Waals surface area contributed by atoms with Crippen LogP contribution in [0, 0.1) is 0 Å². The lowest BCUT2D eigenvalue weighted by atomic mass is 10.1. The van der Waals surface area contributed by atoms with Gasteiger partial charge in [0, 0.05) is 33.9 Å². The van der Waals surface area contributed by atoms with E-state index in [-0.39, 0.29) is 12.0 Å². The number of carbonyl (C=O) groups is 1. The number of nitrogens with zero attached hydrogens (tertiary/aromatic N) is 2.